The van der Waals surface area contributed by atoms with Crippen molar-refractivity contribution < 1.29 is 9.53 Å². The third kappa shape index (κ3) is 1.70. The van der Waals surface area contributed by atoms with Crippen LogP contribution in [0.4, 0.5) is 0 Å². The smallest absolute Gasteiger partial charge is 0.354 e. The maximum Gasteiger partial charge on any atom is 0.354 e. The van der Waals surface area contributed by atoms with Gasteiger partial charge in [0.2, 0.25) is 0 Å². The molecule has 0 aromatic carbocycles. The summed E-state index contributed by atoms with van der Waals surface area (Å²) in [5, 5.41) is 8.62. The molecular formula is C9H10N2O2. The minimum absolute atomic E-state index is 0.339. The normalized spacial score (nSPS) is 9.31. The number of nitrogens with zero attached hydrogens (tertiary/aromatic N) is 2. The highest BCUT2D eigenvalue weighted by Gasteiger charge is 2.12. The highest BCUT2D eigenvalue weighted by Crippen LogP contribution is 2.07. The Morgan fingerprint density at radius 1 is 1.69 bits per heavy atom. The van der Waals surface area contributed by atoms with Crippen molar-refractivity contribution in [2.75, 3.05) is 6.61 Å². The van der Waals surface area contributed by atoms with Gasteiger partial charge >= 0.3 is 5.97 Å². The molecule has 1 heterocycles. The summed E-state index contributed by atoms with van der Waals surface area (Å²) in [5.41, 5.74) is 0.849. The number of carbonyl (C=O) groups is 1. The molecule has 1 aromatic rings. The lowest BCUT2D eigenvalue weighted by molar-refractivity contribution is 0.0515. The molecule has 0 aliphatic heterocycles. The van der Waals surface area contributed by atoms with Crippen molar-refractivity contribution in [3.05, 3.63) is 23.5 Å². The number of esters is 1. The van der Waals surface area contributed by atoms with Gasteiger partial charge < -0.3 is 9.30 Å². The van der Waals surface area contributed by atoms with Crippen molar-refractivity contribution in [3.8, 4) is 6.07 Å². The van der Waals surface area contributed by atoms with Crippen molar-refractivity contribution in [1.82, 2.24) is 4.57 Å². The molecule has 4 nitrogen and oxygen atoms in total. The average molecular weight is 178 g/mol. The van der Waals surface area contributed by atoms with E-state index in [9.17, 15) is 4.79 Å². The third-order valence-electron chi connectivity index (χ3n) is 1.72. The van der Waals surface area contributed by atoms with E-state index in [-0.39, 0.29) is 0 Å². The quantitative estimate of drug-likeness (QED) is 0.636. The van der Waals surface area contributed by atoms with Crippen molar-refractivity contribution in [3.63, 3.8) is 0 Å². The summed E-state index contributed by atoms with van der Waals surface area (Å²) in [5.74, 6) is -0.397. The first-order valence-electron chi connectivity index (χ1n) is 3.93. The molecule has 0 fully saturated rings. The van der Waals surface area contributed by atoms with Crippen LogP contribution in [-0.4, -0.2) is 17.1 Å². The fraction of sp³-hybridized carbons (Fsp3) is 0.333. The second-order valence-corrected chi connectivity index (χ2v) is 2.50. The van der Waals surface area contributed by atoms with Gasteiger partial charge in [-0.25, -0.2) is 4.79 Å². The van der Waals surface area contributed by atoms with Crippen LogP contribution in [0.25, 0.3) is 0 Å². The zero-order valence-electron chi connectivity index (χ0n) is 7.57. The molecule has 0 N–H and O–H groups in total. The van der Waals surface area contributed by atoms with E-state index in [2.05, 4.69) is 0 Å². The zero-order chi connectivity index (χ0) is 9.84. The van der Waals surface area contributed by atoms with Crippen LogP contribution in [0.1, 0.15) is 23.1 Å². The van der Waals surface area contributed by atoms with Gasteiger partial charge in [0.15, 0.2) is 0 Å². The van der Waals surface area contributed by atoms with Crippen molar-refractivity contribution in [1.29, 1.82) is 5.26 Å². The number of carbonyl (C=O) groups excluding carboxylic acids is 1. The monoisotopic (exact) mass is 178 g/mol. The summed E-state index contributed by atoms with van der Waals surface area (Å²) >= 11 is 0. The fourth-order valence-corrected chi connectivity index (χ4v) is 1.03. The molecule has 1 aromatic heterocycles. The van der Waals surface area contributed by atoms with Gasteiger partial charge in [0.25, 0.3) is 0 Å². The lowest BCUT2D eigenvalue weighted by Crippen LogP contribution is -2.10. The molecule has 0 spiro atoms. The second kappa shape index (κ2) is 3.76. The SMILES string of the molecule is CCOC(=O)c1ccc(C#N)n1C. The van der Waals surface area contributed by atoms with E-state index in [1.165, 1.54) is 4.57 Å². The highest BCUT2D eigenvalue weighted by atomic mass is 16.5. The third-order valence-corrected chi connectivity index (χ3v) is 1.72. The Kier molecular flexibility index (Phi) is 2.70. The molecule has 0 atom stereocenters. The Morgan fingerprint density at radius 2 is 2.38 bits per heavy atom. The van der Waals surface area contributed by atoms with Crippen molar-refractivity contribution in [2.45, 2.75) is 6.92 Å². The van der Waals surface area contributed by atoms with Gasteiger partial charge in [-0.2, -0.15) is 5.26 Å². The number of hydrogen-bond acceptors (Lipinski definition) is 3. The largest absolute Gasteiger partial charge is 0.461 e. The van der Waals surface area contributed by atoms with E-state index in [1.54, 1.807) is 26.1 Å². The zero-order valence-corrected chi connectivity index (χ0v) is 7.57. The Bertz CT molecular complexity index is 360. The number of hydrogen-bond donors (Lipinski definition) is 0. The molecule has 0 saturated carbocycles. The van der Waals surface area contributed by atoms with Crippen LogP contribution in [0.15, 0.2) is 12.1 Å². The standard InChI is InChI=1S/C9H10N2O2/c1-3-13-9(12)8-5-4-7(6-10)11(8)2/h4-5H,3H2,1-2H3. The first-order chi connectivity index (χ1) is 6.20. The molecule has 0 radical (unpaired) electrons. The molecule has 13 heavy (non-hydrogen) atoms. The minimum atomic E-state index is -0.397. The Hall–Kier alpha value is -1.76. The van der Waals surface area contributed by atoms with Gasteiger partial charge in [-0.15, -0.1) is 0 Å². The molecule has 0 bridgehead atoms. The van der Waals surface area contributed by atoms with Crippen LogP contribution in [-0.2, 0) is 11.8 Å². The van der Waals surface area contributed by atoms with E-state index in [0.29, 0.717) is 18.0 Å². The lowest BCUT2D eigenvalue weighted by Gasteiger charge is -2.02. The second-order valence-electron chi connectivity index (χ2n) is 2.50. The highest BCUT2D eigenvalue weighted by molar-refractivity contribution is 5.88. The van der Waals surface area contributed by atoms with E-state index >= 15 is 0 Å². The molecule has 0 saturated heterocycles. The maximum absolute atomic E-state index is 11.2. The molecule has 0 aliphatic rings. The molecule has 4 heteroatoms. The van der Waals surface area contributed by atoms with Crippen LogP contribution < -0.4 is 0 Å². The van der Waals surface area contributed by atoms with Gasteiger partial charge in [0.05, 0.1) is 6.61 Å². The number of ether oxygens (including phenoxy) is 1. The van der Waals surface area contributed by atoms with Gasteiger partial charge in [-0.05, 0) is 19.1 Å². The molecule has 1 rings (SSSR count). The Labute approximate surface area is 76.3 Å². The lowest BCUT2D eigenvalue weighted by atomic mass is 10.4. The summed E-state index contributed by atoms with van der Waals surface area (Å²) in [6.07, 6.45) is 0. The maximum atomic E-state index is 11.2. The predicted octanol–water partition coefficient (Wildman–Crippen LogP) is 1.07. The molecular weight excluding hydrogens is 168 g/mol. The number of nitriles is 1. The van der Waals surface area contributed by atoms with Crippen molar-refractivity contribution in [2.24, 2.45) is 7.05 Å². The number of aromatic nitrogens is 1. The minimum Gasteiger partial charge on any atom is -0.461 e. The van der Waals surface area contributed by atoms with E-state index in [1.807, 2.05) is 6.07 Å². The average Bonchev–Trinajstić information content (AvgIpc) is 2.47. The molecule has 0 aliphatic carbocycles. The topological polar surface area (TPSA) is 55.0 Å². The van der Waals surface area contributed by atoms with Crippen molar-refractivity contribution >= 4 is 5.97 Å². The van der Waals surface area contributed by atoms with E-state index in [0.717, 1.165) is 0 Å². The van der Waals surface area contributed by atoms with Crippen LogP contribution in [0, 0.1) is 11.3 Å². The molecule has 0 amide bonds. The number of rotatable bonds is 2. The van der Waals surface area contributed by atoms with Crippen LogP contribution in [0.3, 0.4) is 0 Å². The van der Waals surface area contributed by atoms with Crippen LogP contribution in [0.5, 0.6) is 0 Å². The first-order valence-corrected chi connectivity index (χ1v) is 3.93. The van der Waals surface area contributed by atoms with Gasteiger partial charge in [-0.1, -0.05) is 0 Å². The summed E-state index contributed by atoms with van der Waals surface area (Å²) in [6.45, 7) is 2.08. The molecule has 68 valence electrons. The van der Waals surface area contributed by atoms with Crippen LogP contribution >= 0.6 is 0 Å². The summed E-state index contributed by atoms with van der Waals surface area (Å²) in [7, 11) is 1.66. The molecule has 0 unspecified atom stereocenters. The Morgan fingerprint density at radius 3 is 2.85 bits per heavy atom. The van der Waals surface area contributed by atoms with Gasteiger partial charge in [0, 0.05) is 7.05 Å². The van der Waals surface area contributed by atoms with Gasteiger partial charge in [-0.3, -0.25) is 0 Å². The summed E-state index contributed by atoms with van der Waals surface area (Å²) < 4.78 is 6.31. The predicted molar refractivity (Wildman–Crippen MR) is 46.1 cm³/mol. The van der Waals surface area contributed by atoms with E-state index in [4.69, 9.17) is 10.00 Å². The first kappa shape index (κ1) is 9.33. The fourth-order valence-electron chi connectivity index (χ4n) is 1.03. The van der Waals surface area contributed by atoms with E-state index < -0.39 is 5.97 Å². The van der Waals surface area contributed by atoms with Crippen LogP contribution in [0.2, 0.25) is 0 Å². The van der Waals surface area contributed by atoms with Gasteiger partial charge in [0.1, 0.15) is 17.5 Å². The summed E-state index contributed by atoms with van der Waals surface area (Å²) in [4.78, 5) is 11.2. The Balaban J connectivity index is 2.97. The summed E-state index contributed by atoms with van der Waals surface area (Å²) in [6, 6.07) is 5.14.